The molecular formula is C28H36N4O7. The molecule has 39 heavy (non-hydrogen) atoms. The summed E-state index contributed by atoms with van der Waals surface area (Å²) in [5, 5.41) is 2.29. The summed E-state index contributed by atoms with van der Waals surface area (Å²) in [6.45, 7) is 8.66. The number of nitrogens with zero attached hydrogens (tertiary/aromatic N) is 3. The summed E-state index contributed by atoms with van der Waals surface area (Å²) in [5.41, 5.74) is 1.03. The van der Waals surface area contributed by atoms with E-state index in [4.69, 9.17) is 14.2 Å². The summed E-state index contributed by atoms with van der Waals surface area (Å²) in [7, 11) is 1.70. The summed E-state index contributed by atoms with van der Waals surface area (Å²) in [6, 6.07) is 6.80. The average Bonchev–Trinajstić information content (AvgIpc) is 3.25. The molecule has 0 aliphatic carbocycles. The van der Waals surface area contributed by atoms with E-state index >= 15 is 0 Å². The minimum atomic E-state index is -0.704. The van der Waals surface area contributed by atoms with E-state index in [0.717, 1.165) is 17.7 Å². The lowest BCUT2D eigenvalue weighted by Gasteiger charge is -2.34. The van der Waals surface area contributed by atoms with Gasteiger partial charge in [-0.15, -0.1) is 0 Å². The number of amides is 4. The van der Waals surface area contributed by atoms with Crippen LogP contribution >= 0.6 is 0 Å². The van der Waals surface area contributed by atoms with Crippen molar-refractivity contribution >= 4 is 24.0 Å². The highest BCUT2D eigenvalue weighted by Gasteiger charge is 2.42. The smallest absolute Gasteiger partial charge is 0.411 e. The van der Waals surface area contributed by atoms with Crippen LogP contribution in [0.5, 0.6) is 0 Å². The molecule has 3 heterocycles. The number of carbonyl (C=O) groups excluding carboxylic acids is 4. The van der Waals surface area contributed by atoms with Gasteiger partial charge in [-0.2, -0.15) is 0 Å². The Bertz CT molecular complexity index is 1170. The lowest BCUT2D eigenvalue weighted by Crippen LogP contribution is -2.52. The molecule has 3 fully saturated rings. The molecule has 0 saturated carbocycles. The molecule has 4 amide bonds. The van der Waals surface area contributed by atoms with Gasteiger partial charge in [0, 0.05) is 32.1 Å². The van der Waals surface area contributed by atoms with Crippen LogP contribution in [-0.4, -0.2) is 103 Å². The average molecular weight is 541 g/mol. The fraction of sp³-hybridized carbons (Fsp3) is 0.571. The Hall–Kier alpha value is -3.62. The van der Waals surface area contributed by atoms with Crippen molar-refractivity contribution in [3.05, 3.63) is 35.4 Å². The van der Waals surface area contributed by atoms with E-state index in [0.29, 0.717) is 26.2 Å². The van der Waals surface area contributed by atoms with Crippen molar-refractivity contribution in [1.29, 1.82) is 0 Å². The zero-order valence-corrected chi connectivity index (χ0v) is 22.9. The van der Waals surface area contributed by atoms with Gasteiger partial charge in [-0.25, -0.2) is 9.59 Å². The largest absolute Gasteiger partial charge is 0.444 e. The summed E-state index contributed by atoms with van der Waals surface area (Å²) >= 11 is 0. The predicted octanol–water partition coefficient (Wildman–Crippen LogP) is 1.90. The molecule has 3 atom stereocenters. The zero-order valence-electron chi connectivity index (χ0n) is 22.9. The van der Waals surface area contributed by atoms with Gasteiger partial charge in [0.15, 0.2) is 0 Å². The third-order valence-electron chi connectivity index (χ3n) is 6.63. The molecule has 4 rings (SSSR count). The van der Waals surface area contributed by atoms with Crippen molar-refractivity contribution in [3.8, 4) is 11.8 Å². The number of imide groups is 1. The van der Waals surface area contributed by atoms with Crippen molar-refractivity contribution in [2.24, 2.45) is 0 Å². The first-order valence-electron chi connectivity index (χ1n) is 13.2. The SMILES string of the molecule is CN(C[C@@H]1CN(CC#Cc2cccc([C@H]3CN(C4CCC(=O)NC4=O)C(=O)O3)c2)CCO1)C(=O)OC(C)(C)C. The summed E-state index contributed by atoms with van der Waals surface area (Å²) < 4.78 is 16.8. The predicted molar refractivity (Wildman–Crippen MR) is 140 cm³/mol. The Morgan fingerprint density at radius 1 is 1.23 bits per heavy atom. The number of morpholine rings is 1. The molecule has 1 unspecified atom stereocenters. The highest BCUT2D eigenvalue weighted by molar-refractivity contribution is 6.01. The number of nitrogens with one attached hydrogen (secondary N) is 1. The number of rotatable bonds is 5. The molecule has 1 aromatic carbocycles. The molecule has 0 radical (unpaired) electrons. The fourth-order valence-corrected chi connectivity index (χ4v) is 4.71. The van der Waals surface area contributed by atoms with Crippen LogP contribution in [0.3, 0.4) is 0 Å². The Balaban J connectivity index is 1.30. The first kappa shape index (κ1) is 28.4. The lowest BCUT2D eigenvalue weighted by atomic mass is 10.0. The second kappa shape index (κ2) is 12.1. The Labute approximate surface area is 228 Å². The molecule has 11 nitrogen and oxygen atoms in total. The van der Waals surface area contributed by atoms with E-state index < -0.39 is 29.7 Å². The van der Waals surface area contributed by atoms with Gasteiger partial charge in [-0.05, 0) is 44.9 Å². The van der Waals surface area contributed by atoms with Crippen molar-refractivity contribution in [2.75, 3.05) is 46.4 Å². The molecule has 0 bridgehead atoms. The van der Waals surface area contributed by atoms with Gasteiger partial charge >= 0.3 is 12.2 Å². The molecule has 210 valence electrons. The molecule has 1 N–H and O–H groups in total. The Morgan fingerprint density at radius 2 is 2.03 bits per heavy atom. The lowest BCUT2D eigenvalue weighted by molar-refractivity contribution is -0.136. The number of hydrogen-bond donors (Lipinski definition) is 1. The zero-order chi connectivity index (χ0) is 28.2. The van der Waals surface area contributed by atoms with Crippen LogP contribution in [0.1, 0.15) is 50.8 Å². The van der Waals surface area contributed by atoms with Crippen molar-refractivity contribution < 1.29 is 33.4 Å². The number of carbonyl (C=O) groups is 4. The van der Waals surface area contributed by atoms with E-state index in [1.807, 2.05) is 45.0 Å². The maximum absolute atomic E-state index is 12.5. The van der Waals surface area contributed by atoms with E-state index in [9.17, 15) is 19.2 Å². The monoisotopic (exact) mass is 540 g/mol. The van der Waals surface area contributed by atoms with Crippen LogP contribution in [0.15, 0.2) is 24.3 Å². The van der Waals surface area contributed by atoms with Gasteiger partial charge in [-0.1, -0.05) is 24.0 Å². The van der Waals surface area contributed by atoms with Crippen LogP contribution < -0.4 is 5.32 Å². The van der Waals surface area contributed by atoms with Crippen molar-refractivity contribution in [2.45, 2.75) is 57.5 Å². The van der Waals surface area contributed by atoms with E-state index in [-0.39, 0.29) is 37.5 Å². The van der Waals surface area contributed by atoms with Gasteiger partial charge in [-0.3, -0.25) is 24.7 Å². The molecular weight excluding hydrogens is 504 g/mol. The van der Waals surface area contributed by atoms with Crippen LogP contribution in [0.2, 0.25) is 0 Å². The number of benzene rings is 1. The van der Waals surface area contributed by atoms with Gasteiger partial charge in [0.25, 0.3) is 0 Å². The third kappa shape index (κ3) is 7.71. The summed E-state index contributed by atoms with van der Waals surface area (Å²) in [6.07, 6.45) is -1.11. The number of ether oxygens (including phenoxy) is 3. The molecule has 3 saturated heterocycles. The summed E-state index contributed by atoms with van der Waals surface area (Å²) in [5.74, 6) is 5.59. The van der Waals surface area contributed by atoms with E-state index in [1.54, 1.807) is 7.05 Å². The van der Waals surface area contributed by atoms with E-state index in [1.165, 1.54) is 9.80 Å². The molecule has 1 aromatic rings. The van der Waals surface area contributed by atoms with Crippen LogP contribution in [-0.2, 0) is 23.8 Å². The van der Waals surface area contributed by atoms with Gasteiger partial charge in [0.2, 0.25) is 11.8 Å². The molecule has 0 aromatic heterocycles. The minimum Gasteiger partial charge on any atom is -0.444 e. The fourth-order valence-electron chi connectivity index (χ4n) is 4.71. The first-order chi connectivity index (χ1) is 18.5. The minimum absolute atomic E-state index is 0.134. The van der Waals surface area contributed by atoms with Crippen molar-refractivity contribution in [1.82, 2.24) is 20.0 Å². The Kier molecular flexibility index (Phi) is 8.77. The van der Waals surface area contributed by atoms with E-state index in [2.05, 4.69) is 22.1 Å². The quantitative estimate of drug-likeness (QED) is 0.445. The van der Waals surface area contributed by atoms with Crippen molar-refractivity contribution in [3.63, 3.8) is 0 Å². The maximum Gasteiger partial charge on any atom is 0.411 e. The molecule has 0 spiro atoms. The highest BCUT2D eigenvalue weighted by atomic mass is 16.6. The molecule has 11 heteroatoms. The number of hydrogen-bond acceptors (Lipinski definition) is 8. The molecule has 3 aliphatic rings. The van der Waals surface area contributed by atoms with Crippen LogP contribution in [0.4, 0.5) is 9.59 Å². The van der Waals surface area contributed by atoms with Gasteiger partial charge in [0.1, 0.15) is 17.7 Å². The van der Waals surface area contributed by atoms with Crippen LogP contribution in [0.25, 0.3) is 0 Å². The standard InChI is InChI=1S/C28H36N4O7/c1-28(2,3)39-26(35)30(4)16-21-17-31(13-14-37-21)12-6-8-19-7-5-9-20(15-19)23-18-32(27(36)38-23)22-10-11-24(33)29-25(22)34/h5,7,9,15,21-23H,10-14,16-18H2,1-4H3,(H,29,33,34)/t21-,22?,23-/m1/s1. The van der Waals surface area contributed by atoms with Gasteiger partial charge < -0.3 is 19.1 Å². The first-order valence-corrected chi connectivity index (χ1v) is 13.2. The Morgan fingerprint density at radius 3 is 2.77 bits per heavy atom. The highest BCUT2D eigenvalue weighted by Crippen LogP contribution is 2.29. The number of piperidine rings is 1. The normalized spacial score (nSPS) is 23.9. The second-order valence-electron chi connectivity index (χ2n) is 11.0. The topological polar surface area (TPSA) is 118 Å². The van der Waals surface area contributed by atoms with Crippen LogP contribution in [0, 0.1) is 11.8 Å². The maximum atomic E-state index is 12.5. The molecule has 3 aliphatic heterocycles. The summed E-state index contributed by atoms with van der Waals surface area (Å²) in [4.78, 5) is 53.5. The second-order valence-corrected chi connectivity index (χ2v) is 11.0. The number of cyclic esters (lactones) is 1. The van der Waals surface area contributed by atoms with Gasteiger partial charge in [0.05, 0.1) is 32.3 Å². The number of likely N-dealkylation sites (N-methyl/N-ethyl adjacent to an activating group) is 1. The third-order valence-corrected chi connectivity index (χ3v) is 6.63.